The maximum atomic E-state index is 12.1. The molecule has 17 heavy (non-hydrogen) atoms. The molecule has 3 N–H and O–H groups in total. The number of nitrogen functional groups attached to an aromatic ring is 1. The van der Waals surface area contributed by atoms with E-state index in [0.717, 1.165) is 6.42 Å². The molecule has 1 atom stereocenters. The van der Waals surface area contributed by atoms with Crippen LogP contribution in [-0.2, 0) is 10.0 Å². The minimum Gasteiger partial charge on any atom is -0.495 e. The van der Waals surface area contributed by atoms with Crippen LogP contribution in [0.2, 0.25) is 0 Å². The SMILES string of the molecule is CCC(C)NS(=O)(=O)c1ccc(N)cc1OC. The monoisotopic (exact) mass is 258 g/mol. The standard InChI is InChI=1S/C11H18N2O3S/c1-4-8(2)13-17(14,15)11-6-5-9(12)7-10(11)16-3/h5-8,13H,4,12H2,1-3H3. The van der Waals surface area contributed by atoms with Crippen LogP contribution in [0.4, 0.5) is 5.69 Å². The largest absolute Gasteiger partial charge is 0.495 e. The van der Waals surface area contributed by atoms with Gasteiger partial charge in [0, 0.05) is 17.8 Å². The van der Waals surface area contributed by atoms with E-state index >= 15 is 0 Å². The van der Waals surface area contributed by atoms with Gasteiger partial charge in [0.05, 0.1) is 7.11 Å². The van der Waals surface area contributed by atoms with Gasteiger partial charge < -0.3 is 10.5 Å². The summed E-state index contributed by atoms with van der Waals surface area (Å²) in [6.07, 6.45) is 0.719. The van der Waals surface area contributed by atoms with Gasteiger partial charge in [0.1, 0.15) is 10.6 Å². The molecular formula is C11H18N2O3S. The summed E-state index contributed by atoms with van der Waals surface area (Å²) in [7, 11) is -2.15. The molecule has 0 saturated heterocycles. The quantitative estimate of drug-likeness (QED) is 0.781. The lowest BCUT2D eigenvalue weighted by atomic mass is 10.3. The number of anilines is 1. The molecule has 96 valence electrons. The summed E-state index contributed by atoms with van der Waals surface area (Å²) >= 11 is 0. The zero-order valence-electron chi connectivity index (χ0n) is 10.2. The normalized spacial score (nSPS) is 13.4. The molecule has 0 saturated carbocycles. The summed E-state index contributed by atoms with van der Waals surface area (Å²) in [5.41, 5.74) is 6.04. The molecule has 6 heteroatoms. The summed E-state index contributed by atoms with van der Waals surface area (Å²) in [5.74, 6) is 0.251. The minimum absolute atomic E-state index is 0.106. The van der Waals surface area contributed by atoms with E-state index in [0.29, 0.717) is 5.69 Å². The van der Waals surface area contributed by atoms with Gasteiger partial charge in [0.25, 0.3) is 0 Å². The van der Waals surface area contributed by atoms with Gasteiger partial charge in [-0.05, 0) is 25.5 Å². The van der Waals surface area contributed by atoms with E-state index in [9.17, 15) is 8.42 Å². The smallest absolute Gasteiger partial charge is 0.244 e. The molecule has 1 aromatic rings. The fourth-order valence-corrected chi connectivity index (χ4v) is 2.80. The van der Waals surface area contributed by atoms with Gasteiger partial charge in [-0.2, -0.15) is 0 Å². The number of methoxy groups -OCH3 is 1. The van der Waals surface area contributed by atoms with Crippen molar-refractivity contribution in [1.82, 2.24) is 4.72 Å². The fraction of sp³-hybridized carbons (Fsp3) is 0.455. The second-order valence-electron chi connectivity index (χ2n) is 3.84. The van der Waals surface area contributed by atoms with E-state index in [1.165, 1.54) is 25.3 Å². The molecule has 5 nitrogen and oxygen atoms in total. The van der Waals surface area contributed by atoms with Crippen LogP contribution >= 0.6 is 0 Å². The van der Waals surface area contributed by atoms with Gasteiger partial charge in [-0.15, -0.1) is 0 Å². The van der Waals surface area contributed by atoms with Crippen LogP contribution in [0.25, 0.3) is 0 Å². The second-order valence-corrected chi connectivity index (χ2v) is 5.52. The van der Waals surface area contributed by atoms with Crippen molar-refractivity contribution in [3.8, 4) is 5.75 Å². The Kier molecular flexibility index (Phi) is 4.36. The molecule has 0 aromatic heterocycles. The zero-order chi connectivity index (χ0) is 13.1. The van der Waals surface area contributed by atoms with Crippen molar-refractivity contribution in [2.45, 2.75) is 31.2 Å². The van der Waals surface area contributed by atoms with Crippen LogP contribution in [-0.4, -0.2) is 21.6 Å². The Balaban J connectivity index is 3.15. The Morgan fingerprint density at radius 3 is 2.65 bits per heavy atom. The van der Waals surface area contributed by atoms with Crippen LogP contribution in [0, 0.1) is 0 Å². The molecule has 0 aliphatic rings. The molecule has 0 radical (unpaired) electrons. The first-order valence-corrected chi connectivity index (χ1v) is 6.85. The van der Waals surface area contributed by atoms with Crippen molar-refractivity contribution in [2.24, 2.45) is 0 Å². The molecule has 1 rings (SSSR count). The van der Waals surface area contributed by atoms with Gasteiger partial charge in [-0.3, -0.25) is 0 Å². The number of nitrogens with two attached hydrogens (primary N) is 1. The van der Waals surface area contributed by atoms with E-state index in [4.69, 9.17) is 10.5 Å². The Hall–Kier alpha value is -1.27. The van der Waals surface area contributed by atoms with E-state index in [1.54, 1.807) is 6.92 Å². The number of hydrogen-bond donors (Lipinski definition) is 2. The summed E-state index contributed by atoms with van der Waals surface area (Å²) in [6, 6.07) is 4.35. The molecule has 1 unspecified atom stereocenters. The molecule has 0 spiro atoms. The number of hydrogen-bond acceptors (Lipinski definition) is 4. The Bertz CT molecular complexity index is 485. The van der Waals surface area contributed by atoms with Crippen molar-refractivity contribution < 1.29 is 13.2 Å². The average molecular weight is 258 g/mol. The van der Waals surface area contributed by atoms with E-state index < -0.39 is 10.0 Å². The second kappa shape index (κ2) is 5.37. The van der Waals surface area contributed by atoms with Crippen LogP contribution in [0.3, 0.4) is 0 Å². The van der Waals surface area contributed by atoms with Crippen LogP contribution in [0.5, 0.6) is 5.75 Å². The summed E-state index contributed by atoms with van der Waals surface area (Å²) in [6.45, 7) is 3.72. The molecule has 0 fully saturated rings. The van der Waals surface area contributed by atoms with E-state index in [2.05, 4.69) is 4.72 Å². The summed E-state index contributed by atoms with van der Waals surface area (Å²) < 4.78 is 31.7. The molecule has 0 bridgehead atoms. The molecule has 0 heterocycles. The predicted octanol–water partition coefficient (Wildman–Crippen LogP) is 1.35. The highest BCUT2D eigenvalue weighted by Gasteiger charge is 2.21. The van der Waals surface area contributed by atoms with Gasteiger partial charge in [0.2, 0.25) is 10.0 Å². The third-order valence-electron chi connectivity index (χ3n) is 2.45. The highest BCUT2D eigenvalue weighted by atomic mass is 32.2. The molecular weight excluding hydrogens is 240 g/mol. The van der Waals surface area contributed by atoms with Crippen LogP contribution in [0.15, 0.2) is 23.1 Å². The first-order chi connectivity index (χ1) is 7.90. The van der Waals surface area contributed by atoms with Crippen LogP contribution in [0.1, 0.15) is 20.3 Å². The maximum Gasteiger partial charge on any atom is 0.244 e. The lowest BCUT2D eigenvalue weighted by molar-refractivity contribution is 0.402. The van der Waals surface area contributed by atoms with E-state index in [1.807, 2.05) is 6.92 Å². The van der Waals surface area contributed by atoms with Crippen molar-refractivity contribution in [1.29, 1.82) is 0 Å². The number of sulfonamides is 1. The predicted molar refractivity (Wildman–Crippen MR) is 67.5 cm³/mol. The van der Waals surface area contributed by atoms with Crippen molar-refractivity contribution in [3.63, 3.8) is 0 Å². The first-order valence-electron chi connectivity index (χ1n) is 5.36. The Morgan fingerprint density at radius 2 is 2.12 bits per heavy atom. The third-order valence-corrected chi connectivity index (χ3v) is 4.07. The Morgan fingerprint density at radius 1 is 1.47 bits per heavy atom. The van der Waals surface area contributed by atoms with Gasteiger partial charge in [-0.25, -0.2) is 13.1 Å². The number of ether oxygens (including phenoxy) is 1. The van der Waals surface area contributed by atoms with Crippen molar-refractivity contribution in [3.05, 3.63) is 18.2 Å². The number of nitrogens with one attached hydrogen (secondary N) is 1. The van der Waals surface area contributed by atoms with Crippen LogP contribution < -0.4 is 15.2 Å². The molecule has 1 aromatic carbocycles. The summed E-state index contributed by atoms with van der Waals surface area (Å²) in [4.78, 5) is 0.106. The van der Waals surface area contributed by atoms with Crippen molar-refractivity contribution >= 4 is 15.7 Å². The third kappa shape index (κ3) is 3.34. The van der Waals surface area contributed by atoms with Gasteiger partial charge in [0.15, 0.2) is 0 Å². The first kappa shape index (κ1) is 13.8. The fourth-order valence-electron chi connectivity index (χ4n) is 1.32. The van der Waals surface area contributed by atoms with E-state index in [-0.39, 0.29) is 16.7 Å². The number of rotatable bonds is 5. The van der Waals surface area contributed by atoms with Gasteiger partial charge in [-0.1, -0.05) is 6.92 Å². The molecule has 0 amide bonds. The van der Waals surface area contributed by atoms with Crippen molar-refractivity contribution in [2.75, 3.05) is 12.8 Å². The highest BCUT2D eigenvalue weighted by Crippen LogP contribution is 2.26. The minimum atomic E-state index is -3.56. The highest BCUT2D eigenvalue weighted by molar-refractivity contribution is 7.89. The lowest BCUT2D eigenvalue weighted by Crippen LogP contribution is -2.32. The average Bonchev–Trinajstić information content (AvgIpc) is 2.27. The molecule has 0 aliphatic carbocycles. The lowest BCUT2D eigenvalue weighted by Gasteiger charge is -2.14. The van der Waals surface area contributed by atoms with Gasteiger partial charge >= 0.3 is 0 Å². The zero-order valence-corrected chi connectivity index (χ0v) is 11.0. The topological polar surface area (TPSA) is 81.4 Å². The summed E-state index contributed by atoms with van der Waals surface area (Å²) in [5, 5.41) is 0. The maximum absolute atomic E-state index is 12.1. The number of benzene rings is 1. The Labute approximate surface area is 102 Å². The molecule has 0 aliphatic heterocycles.